The number of hydrogen-bond acceptors (Lipinski definition) is 2. The van der Waals surface area contributed by atoms with Crippen LogP contribution >= 0.6 is 0 Å². The molecule has 0 unspecified atom stereocenters. The molecule has 3 N–H and O–H groups in total. The molecule has 2 aromatic rings. The molecule has 0 spiro atoms. The Kier molecular flexibility index (Phi) is 3.46. The van der Waals surface area contributed by atoms with Crippen LogP contribution in [0.3, 0.4) is 0 Å². The fourth-order valence-electron chi connectivity index (χ4n) is 1.97. The Balaban J connectivity index is 2.36. The van der Waals surface area contributed by atoms with Gasteiger partial charge in [0.15, 0.2) is 0 Å². The topological polar surface area (TPSA) is 67.7 Å². The van der Waals surface area contributed by atoms with E-state index >= 15 is 0 Å². The van der Waals surface area contributed by atoms with Gasteiger partial charge in [0.2, 0.25) is 0 Å². The predicted molar refractivity (Wildman–Crippen MR) is 73.7 cm³/mol. The molecule has 1 aromatic heterocycles. The van der Waals surface area contributed by atoms with E-state index in [1.54, 1.807) is 0 Å². The van der Waals surface area contributed by atoms with Crippen molar-refractivity contribution in [3.05, 3.63) is 41.9 Å². The first-order valence-electron chi connectivity index (χ1n) is 6.16. The average Bonchev–Trinajstić information content (AvgIpc) is 2.82. The molecule has 2 rings (SSSR count). The molecule has 0 aliphatic rings. The number of nitrogens with two attached hydrogens (primary N) is 1. The highest BCUT2D eigenvalue weighted by Crippen LogP contribution is 2.19. The van der Waals surface area contributed by atoms with Gasteiger partial charge in [-0.15, -0.1) is 0 Å². The summed E-state index contributed by atoms with van der Waals surface area (Å²) in [6, 6.07) is 7.62. The first-order valence-corrected chi connectivity index (χ1v) is 6.16. The van der Waals surface area contributed by atoms with E-state index in [1.165, 1.54) is 0 Å². The Labute approximate surface area is 107 Å². The van der Waals surface area contributed by atoms with Crippen molar-refractivity contribution in [1.82, 2.24) is 9.55 Å². The van der Waals surface area contributed by atoms with Gasteiger partial charge in [-0.25, -0.2) is 4.98 Å². The fourth-order valence-corrected chi connectivity index (χ4v) is 1.97. The van der Waals surface area contributed by atoms with Crippen LogP contribution in [-0.4, -0.2) is 15.4 Å². The normalized spacial score (nSPS) is 10.6. The summed E-state index contributed by atoms with van der Waals surface area (Å²) in [5.41, 5.74) is 8.21. The third-order valence-electron chi connectivity index (χ3n) is 3.01. The van der Waals surface area contributed by atoms with Crippen molar-refractivity contribution in [2.75, 3.05) is 0 Å². The molecule has 0 radical (unpaired) electrons. The van der Waals surface area contributed by atoms with Crippen LogP contribution in [0.4, 0.5) is 0 Å². The number of nitrogen functional groups attached to an aromatic ring is 1. The fraction of sp³-hybridized carbons (Fsp3) is 0.286. The lowest BCUT2D eigenvalue weighted by molar-refractivity contribution is 0.705. The van der Waals surface area contributed by atoms with E-state index in [1.807, 2.05) is 24.3 Å². The first kappa shape index (κ1) is 12.4. The molecule has 0 saturated heterocycles. The molecule has 0 amide bonds. The van der Waals surface area contributed by atoms with Crippen molar-refractivity contribution >= 4 is 5.84 Å². The number of aromatic nitrogens is 2. The number of nitrogens with one attached hydrogen (secondary N) is 1. The van der Waals surface area contributed by atoms with E-state index < -0.39 is 0 Å². The minimum absolute atomic E-state index is 0.0925. The molecule has 0 saturated carbocycles. The van der Waals surface area contributed by atoms with E-state index in [9.17, 15) is 0 Å². The zero-order valence-corrected chi connectivity index (χ0v) is 10.8. The van der Waals surface area contributed by atoms with E-state index in [2.05, 4.69) is 29.6 Å². The monoisotopic (exact) mass is 242 g/mol. The van der Waals surface area contributed by atoms with Crippen molar-refractivity contribution in [1.29, 1.82) is 5.41 Å². The third kappa shape index (κ3) is 2.27. The molecule has 0 aliphatic carbocycles. The van der Waals surface area contributed by atoms with Gasteiger partial charge in [-0.05, 0) is 6.92 Å². The summed E-state index contributed by atoms with van der Waals surface area (Å²) in [6.07, 6.45) is 3.00. The number of rotatable bonds is 4. The van der Waals surface area contributed by atoms with Gasteiger partial charge in [0.1, 0.15) is 11.7 Å². The van der Waals surface area contributed by atoms with Gasteiger partial charge in [0.25, 0.3) is 0 Å². The summed E-state index contributed by atoms with van der Waals surface area (Å²) in [4.78, 5) is 4.62. The summed E-state index contributed by atoms with van der Waals surface area (Å²) >= 11 is 0. The van der Waals surface area contributed by atoms with Crippen LogP contribution in [-0.2, 0) is 13.0 Å². The summed E-state index contributed by atoms with van der Waals surface area (Å²) in [5.74, 6) is 1.19. The molecule has 0 bridgehead atoms. The van der Waals surface area contributed by atoms with E-state index in [-0.39, 0.29) is 5.84 Å². The van der Waals surface area contributed by atoms with Gasteiger partial charge in [0.05, 0.1) is 5.69 Å². The van der Waals surface area contributed by atoms with Crippen LogP contribution in [0.15, 0.2) is 30.5 Å². The number of nitrogens with zero attached hydrogens (tertiary/aromatic N) is 2. The number of amidine groups is 1. The first-order chi connectivity index (χ1) is 8.65. The van der Waals surface area contributed by atoms with E-state index in [0.717, 1.165) is 35.6 Å². The molecule has 0 aliphatic heterocycles. The Bertz CT molecular complexity index is 530. The van der Waals surface area contributed by atoms with Gasteiger partial charge in [-0.2, -0.15) is 0 Å². The second-order valence-electron chi connectivity index (χ2n) is 4.17. The maximum absolute atomic E-state index is 7.37. The molecule has 1 aromatic carbocycles. The van der Waals surface area contributed by atoms with Gasteiger partial charge < -0.3 is 10.3 Å². The van der Waals surface area contributed by atoms with Crippen molar-refractivity contribution in [2.24, 2.45) is 5.73 Å². The van der Waals surface area contributed by atoms with Crippen molar-refractivity contribution in [3.8, 4) is 11.3 Å². The van der Waals surface area contributed by atoms with Gasteiger partial charge >= 0.3 is 0 Å². The zero-order chi connectivity index (χ0) is 13.1. The van der Waals surface area contributed by atoms with Crippen molar-refractivity contribution in [2.45, 2.75) is 26.8 Å². The second kappa shape index (κ2) is 5.04. The Hall–Kier alpha value is -2.10. The summed E-state index contributed by atoms with van der Waals surface area (Å²) in [7, 11) is 0. The summed E-state index contributed by atoms with van der Waals surface area (Å²) < 4.78 is 2.16. The lowest BCUT2D eigenvalue weighted by Crippen LogP contribution is -2.10. The van der Waals surface area contributed by atoms with Gasteiger partial charge in [-0.1, -0.05) is 31.2 Å². The number of imidazole rings is 1. The maximum Gasteiger partial charge on any atom is 0.122 e. The highest BCUT2D eigenvalue weighted by Gasteiger charge is 2.07. The van der Waals surface area contributed by atoms with Crippen LogP contribution in [0.1, 0.15) is 25.2 Å². The molecule has 18 heavy (non-hydrogen) atoms. The molecule has 94 valence electrons. The molecule has 0 fully saturated rings. The Morgan fingerprint density at radius 3 is 2.39 bits per heavy atom. The highest BCUT2D eigenvalue weighted by atomic mass is 15.1. The van der Waals surface area contributed by atoms with Crippen molar-refractivity contribution in [3.63, 3.8) is 0 Å². The lowest BCUT2D eigenvalue weighted by atomic mass is 10.1. The van der Waals surface area contributed by atoms with E-state index in [4.69, 9.17) is 11.1 Å². The molecular formula is C14H18N4. The zero-order valence-electron chi connectivity index (χ0n) is 10.8. The third-order valence-corrected chi connectivity index (χ3v) is 3.01. The SMILES string of the molecule is CCc1nc(-c2ccc(C(=N)N)cc2)cn1CC. The molecular weight excluding hydrogens is 224 g/mol. The maximum atomic E-state index is 7.37. The van der Waals surface area contributed by atoms with Gasteiger partial charge in [0, 0.05) is 30.3 Å². The largest absolute Gasteiger partial charge is 0.384 e. The van der Waals surface area contributed by atoms with Crippen LogP contribution < -0.4 is 5.73 Å². The summed E-state index contributed by atoms with van der Waals surface area (Å²) in [6.45, 7) is 5.16. The molecule has 4 heteroatoms. The molecule has 1 heterocycles. The predicted octanol–water partition coefficient (Wildman–Crippen LogP) is 2.42. The minimum atomic E-state index is 0.0925. The Morgan fingerprint density at radius 1 is 1.28 bits per heavy atom. The highest BCUT2D eigenvalue weighted by molar-refractivity contribution is 5.95. The molecule has 4 nitrogen and oxygen atoms in total. The van der Waals surface area contributed by atoms with E-state index in [0.29, 0.717) is 0 Å². The quantitative estimate of drug-likeness (QED) is 0.638. The van der Waals surface area contributed by atoms with Crippen LogP contribution in [0.2, 0.25) is 0 Å². The van der Waals surface area contributed by atoms with Crippen molar-refractivity contribution < 1.29 is 0 Å². The van der Waals surface area contributed by atoms with Crippen LogP contribution in [0.5, 0.6) is 0 Å². The second-order valence-corrected chi connectivity index (χ2v) is 4.17. The number of aryl methyl sites for hydroxylation is 2. The number of benzene rings is 1. The van der Waals surface area contributed by atoms with Crippen LogP contribution in [0, 0.1) is 5.41 Å². The standard InChI is InChI=1S/C14H18N4/c1-3-13-17-12(9-18(13)4-2)10-5-7-11(8-6-10)14(15)16/h5-9H,3-4H2,1-2H3,(H3,15,16). The minimum Gasteiger partial charge on any atom is -0.384 e. The number of hydrogen-bond donors (Lipinski definition) is 2. The van der Waals surface area contributed by atoms with Gasteiger partial charge in [-0.3, -0.25) is 5.41 Å². The Morgan fingerprint density at radius 2 is 1.94 bits per heavy atom. The molecule has 0 atom stereocenters. The summed E-state index contributed by atoms with van der Waals surface area (Å²) in [5, 5.41) is 7.37. The average molecular weight is 242 g/mol. The lowest BCUT2D eigenvalue weighted by Gasteiger charge is -2.00. The smallest absolute Gasteiger partial charge is 0.122 e. The van der Waals surface area contributed by atoms with Crippen LogP contribution in [0.25, 0.3) is 11.3 Å².